The van der Waals surface area contributed by atoms with Crippen molar-refractivity contribution in [2.45, 2.75) is 0 Å². The Morgan fingerprint density at radius 3 is 2.00 bits per heavy atom. The number of rotatable bonds is 1. The first-order valence-electron chi connectivity index (χ1n) is 5.48. The summed E-state index contributed by atoms with van der Waals surface area (Å²) in [6.07, 6.45) is 0. The molecule has 0 saturated heterocycles. The molecule has 0 aromatic heterocycles. The molecule has 3 aromatic rings. The fourth-order valence-electron chi connectivity index (χ4n) is 2.09. The van der Waals surface area contributed by atoms with Crippen molar-refractivity contribution in [2.24, 2.45) is 0 Å². The molecule has 0 nitrogen and oxygen atoms in total. The third-order valence-corrected chi connectivity index (χ3v) is 2.87. The van der Waals surface area contributed by atoms with Gasteiger partial charge in [0.25, 0.3) is 0 Å². The fourth-order valence-corrected chi connectivity index (χ4v) is 2.09. The van der Waals surface area contributed by atoms with Crippen LogP contribution in [0.1, 0.15) is 0 Å². The van der Waals surface area contributed by atoms with Crippen LogP contribution in [-0.2, 0) is 0 Å². The molecule has 0 amide bonds. The van der Waals surface area contributed by atoms with Gasteiger partial charge in [0, 0.05) is 0 Å². The number of fused-ring (bicyclic) bond motifs is 1. The third kappa shape index (κ3) is 2.09. The Labute approximate surface area is 103 Å². The molecule has 17 heavy (non-hydrogen) atoms. The largest absolute Gasteiger partial charge is 0.0814 e. The Morgan fingerprint density at radius 2 is 1.18 bits per heavy atom. The van der Waals surface area contributed by atoms with Crippen LogP contribution in [0.15, 0.2) is 72.8 Å². The van der Waals surface area contributed by atoms with Crippen LogP contribution < -0.4 is 0 Å². The highest BCUT2D eigenvalue weighted by atomic mass is 14.0. The summed E-state index contributed by atoms with van der Waals surface area (Å²) in [7, 11) is 0. The van der Waals surface area contributed by atoms with E-state index in [1.165, 1.54) is 21.9 Å². The lowest BCUT2D eigenvalue weighted by Gasteiger charge is -2.06. The van der Waals surface area contributed by atoms with Gasteiger partial charge in [-0.05, 0) is 21.9 Å². The fraction of sp³-hybridized carbons (Fsp3) is 0. The van der Waals surface area contributed by atoms with Gasteiger partial charge in [0.05, 0.1) is 8.41 Å². The lowest BCUT2D eigenvalue weighted by atomic mass is 9.98. The Kier molecular flexibility index (Phi) is 3.29. The maximum atomic E-state index is 2.18. The number of hydrogen-bond acceptors (Lipinski definition) is 0. The molecule has 0 heterocycles. The first-order chi connectivity index (χ1) is 7.95. The van der Waals surface area contributed by atoms with Crippen molar-refractivity contribution >= 4 is 19.2 Å². The molecule has 0 radical (unpaired) electrons. The van der Waals surface area contributed by atoms with Crippen molar-refractivity contribution in [3.63, 3.8) is 0 Å². The summed E-state index contributed by atoms with van der Waals surface area (Å²) >= 11 is 0. The van der Waals surface area contributed by atoms with Crippen molar-refractivity contribution in [1.29, 1.82) is 0 Å². The maximum absolute atomic E-state index is 2.18. The van der Waals surface area contributed by atoms with Crippen LogP contribution in [0.25, 0.3) is 21.9 Å². The van der Waals surface area contributed by atoms with Crippen molar-refractivity contribution in [3.05, 3.63) is 72.8 Å². The molecule has 0 aliphatic rings. The van der Waals surface area contributed by atoms with E-state index in [1.54, 1.807) is 0 Å². The second-order valence-corrected chi connectivity index (χ2v) is 3.89. The average Bonchev–Trinajstić information content (AvgIpc) is 2.39. The van der Waals surface area contributed by atoms with E-state index in [0.29, 0.717) is 0 Å². The van der Waals surface area contributed by atoms with Gasteiger partial charge < -0.3 is 0 Å². The van der Waals surface area contributed by atoms with E-state index >= 15 is 0 Å². The molecule has 82 valence electrons. The standard InChI is InChI=1S/C16H12.BH3/c1-2-7-13(8-3-1)16-12-6-10-14-9-4-5-11-15(14)16;/h1-12H;1H3. The van der Waals surface area contributed by atoms with E-state index in [0.717, 1.165) is 0 Å². The average molecular weight is 218 g/mol. The Bertz CT molecular complexity index is 609. The van der Waals surface area contributed by atoms with Gasteiger partial charge in [0.15, 0.2) is 0 Å². The predicted octanol–water partition coefficient (Wildman–Crippen LogP) is 3.32. The predicted molar refractivity (Wildman–Crippen MR) is 79.3 cm³/mol. The topological polar surface area (TPSA) is 0 Å². The highest BCUT2D eigenvalue weighted by Gasteiger charge is 2.01. The summed E-state index contributed by atoms with van der Waals surface area (Å²) in [6.45, 7) is 0. The lowest BCUT2D eigenvalue weighted by Crippen LogP contribution is -1.79. The van der Waals surface area contributed by atoms with Crippen molar-refractivity contribution < 1.29 is 0 Å². The van der Waals surface area contributed by atoms with E-state index < -0.39 is 0 Å². The molecule has 0 aliphatic heterocycles. The molecule has 3 aromatic carbocycles. The molecule has 0 spiro atoms. The molecule has 0 saturated carbocycles. The second-order valence-electron chi connectivity index (χ2n) is 3.89. The van der Waals surface area contributed by atoms with Crippen LogP contribution in [0.5, 0.6) is 0 Å². The monoisotopic (exact) mass is 218 g/mol. The van der Waals surface area contributed by atoms with Crippen molar-refractivity contribution in [3.8, 4) is 11.1 Å². The molecule has 1 heteroatoms. The minimum Gasteiger partial charge on any atom is -0.0622 e. The highest BCUT2D eigenvalue weighted by molar-refractivity contribution is 5.96. The molecule has 0 aliphatic carbocycles. The second kappa shape index (κ2) is 4.88. The van der Waals surface area contributed by atoms with E-state index in [2.05, 4.69) is 72.8 Å². The molecule has 0 fully saturated rings. The molecule has 0 atom stereocenters. The van der Waals surface area contributed by atoms with Gasteiger partial charge in [-0.1, -0.05) is 72.8 Å². The van der Waals surface area contributed by atoms with Crippen LogP contribution in [0.3, 0.4) is 0 Å². The summed E-state index contributed by atoms with van der Waals surface area (Å²) in [5.41, 5.74) is 2.58. The van der Waals surface area contributed by atoms with Gasteiger partial charge in [-0.3, -0.25) is 0 Å². The van der Waals surface area contributed by atoms with E-state index in [9.17, 15) is 0 Å². The van der Waals surface area contributed by atoms with Gasteiger partial charge in [-0.25, -0.2) is 0 Å². The van der Waals surface area contributed by atoms with Crippen LogP contribution in [0.2, 0.25) is 0 Å². The SMILES string of the molecule is B.c1ccc(-c2cccc3ccccc23)cc1. The molecule has 3 rings (SSSR count). The van der Waals surface area contributed by atoms with Gasteiger partial charge in [0.2, 0.25) is 0 Å². The van der Waals surface area contributed by atoms with E-state index in [-0.39, 0.29) is 8.41 Å². The normalized spacial score (nSPS) is 9.88. The summed E-state index contributed by atoms with van der Waals surface area (Å²) in [5, 5.41) is 2.61. The number of hydrogen-bond donors (Lipinski definition) is 0. The van der Waals surface area contributed by atoms with E-state index in [4.69, 9.17) is 0 Å². The summed E-state index contributed by atoms with van der Waals surface area (Å²) < 4.78 is 0. The minimum atomic E-state index is 0. The van der Waals surface area contributed by atoms with Gasteiger partial charge in [0.1, 0.15) is 0 Å². The highest BCUT2D eigenvalue weighted by Crippen LogP contribution is 2.27. The quantitative estimate of drug-likeness (QED) is 0.549. The summed E-state index contributed by atoms with van der Waals surface area (Å²) in [4.78, 5) is 0. The molecule has 0 N–H and O–H groups in total. The van der Waals surface area contributed by atoms with Crippen LogP contribution in [0, 0.1) is 0 Å². The molecule has 0 unspecified atom stereocenters. The smallest absolute Gasteiger partial charge is 0.0622 e. The third-order valence-electron chi connectivity index (χ3n) is 2.87. The first-order valence-corrected chi connectivity index (χ1v) is 5.48. The molecular weight excluding hydrogens is 203 g/mol. The summed E-state index contributed by atoms with van der Waals surface area (Å²) in [6, 6.07) is 25.5. The minimum absolute atomic E-state index is 0. The first kappa shape index (κ1) is 11.5. The van der Waals surface area contributed by atoms with Crippen LogP contribution >= 0.6 is 0 Å². The number of benzene rings is 3. The Balaban J connectivity index is 0.00000108. The molecular formula is C16H15B. The van der Waals surface area contributed by atoms with Gasteiger partial charge in [-0.15, -0.1) is 0 Å². The van der Waals surface area contributed by atoms with Gasteiger partial charge >= 0.3 is 0 Å². The Hall–Kier alpha value is -2.02. The molecule has 0 bridgehead atoms. The van der Waals surface area contributed by atoms with Crippen molar-refractivity contribution in [2.75, 3.05) is 0 Å². The maximum Gasteiger partial charge on any atom is 0.0814 e. The lowest BCUT2D eigenvalue weighted by molar-refractivity contribution is 1.65. The zero-order valence-corrected chi connectivity index (χ0v) is 8.93. The summed E-state index contributed by atoms with van der Waals surface area (Å²) in [5.74, 6) is 0. The van der Waals surface area contributed by atoms with Crippen molar-refractivity contribution in [1.82, 2.24) is 0 Å². The van der Waals surface area contributed by atoms with Gasteiger partial charge in [-0.2, -0.15) is 0 Å². The zero-order valence-electron chi connectivity index (χ0n) is 8.93. The zero-order chi connectivity index (χ0) is 10.8. The van der Waals surface area contributed by atoms with Crippen LogP contribution in [0.4, 0.5) is 0 Å². The van der Waals surface area contributed by atoms with Crippen LogP contribution in [-0.4, -0.2) is 8.41 Å². The Morgan fingerprint density at radius 1 is 0.529 bits per heavy atom. The van der Waals surface area contributed by atoms with E-state index in [1.807, 2.05) is 0 Å².